The van der Waals surface area contributed by atoms with Crippen LogP contribution >= 0.6 is 0 Å². The molecule has 2 amide bonds. The molecule has 0 heterocycles. The number of nitrogens with zero attached hydrogens (tertiary/aromatic N) is 2. The van der Waals surface area contributed by atoms with E-state index in [0.29, 0.717) is 6.42 Å². The predicted molar refractivity (Wildman–Crippen MR) is 61.4 cm³/mol. The van der Waals surface area contributed by atoms with Gasteiger partial charge in [0.2, 0.25) is 0 Å². The molecule has 0 spiro atoms. The monoisotopic (exact) mass is 280 g/mol. The summed E-state index contributed by atoms with van der Waals surface area (Å²) < 4.78 is 36.9. The lowest BCUT2D eigenvalue weighted by molar-refractivity contribution is -0.149. The summed E-state index contributed by atoms with van der Waals surface area (Å²) in [5, 5.41) is 8.55. The van der Waals surface area contributed by atoms with E-state index in [-0.39, 0.29) is 18.0 Å². The van der Waals surface area contributed by atoms with Crippen LogP contribution in [0.25, 0.3) is 0 Å². The molecule has 0 radical (unpaired) electrons. The third kappa shape index (κ3) is 7.18. The van der Waals surface area contributed by atoms with Crippen LogP contribution in [-0.2, 0) is 4.79 Å². The Morgan fingerprint density at radius 3 is 2.26 bits per heavy atom. The first-order chi connectivity index (χ1) is 8.71. The average Bonchev–Trinajstić information content (AvgIpc) is 2.24. The molecule has 108 valence electrons. The van der Waals surface area contributed by atoms with Crippen molar-refractivity contribution in [3.05, 3.63) is 0 Å². The maximum atomic E-state index is 12.3. The highest BCUT2D eigenvalue weighted by Gasteiger charge is 2.35. The fraction of sp³-hybridized carbons (Fsp3) is 0.636. The van der Waals surface area contributed by atoms with Crippen molar-refractivity contribution < 1.29 is 27.9 Å². The highest BCUT2D eigenvalue weighted by atomic mass is 19.4. The SMILES string of the molecule is C#CCN(CCC)C(=O)N(CC(=O)O)CC(F)(F)F. The Balaban J connectivity index is 4.95. The first kappa shape index (κ1) is 17.1. The van der Waals surface area contributed by atoms with Gasteiger partial charge in [0.05, 0.1) is 6.54 Å². The fourth-order valence-electron chi connectivity index (χ4n) is 1.39. The molecule has 0 saturated heterocycles. The molecule has 0 saturated carbocycles. The molecule has 19 heavy (non-hydrogen) atoms. The van der Waals surface area contributed by atoms with Gasteiger partial charge >= 0.3 is 18.2 Å². The molecule has 0 aromatic carbocycles. The first-order valence-corrected chi connectivity index (χ1v) is 5.47. The number of halogens is 3. The Hall–Kier alpha value is -1.91. The number of alkyl halides is 3. The molecule has 0 unspecified atom stereocenters. The first-order valence-electron chi connectivity index (χ1n) is 5.47. The van der Waals surface area contributed by atoms with Gasteiger partial charge in [0.15, 0.2) is 0 Å². The van der Waals surface area contributed by atoms with Crippen LogP contribution in [0.15, 0.2) is 0 Å². The molecule has 8 heteroatoms. The lowest BCUT2D eigenvalue weighted by Gasteiger charge is -2.28. The van der Waals surface area contributed by atoms with Crippen LogP contribution in [0.3, 0.4) is 0 Å². The van der Waals surface area contributed by atoms with Crippen molar-refractivity contribution in [2.45, 2.75) is 19.5 Å². The fourth-order valence-corrected chi connectivity index (χ4v) is 1.39. The van der Waals surface area contributed by atoms with Gasteiger partial charge in [-0.25, -0.2) is 4.79 Å². The van der Waals surface area contributed by atoms with Crippen LogP contribution in [0.1, 0.15) is 13.3 Å². The second kappa shape index (κ2) is 7.51. The molecular weight excluding hydrogens is 265 g/mol. The van der Waals surface area contributed by atoms with Crippen molar-refractivity contribution in [1.82, 2.24) is 9.80 Å². The summed E-state index contributed by atoms with van der Waals surface area (Å²) >= 11 is 0. The van der Waals surface area contributed by atoms with Crippen LogP contribution in [-0.4, -0.2) is 59.3 Å². The number of urea groups is 1. The molecule has 0 aromatic heterocycles. The quantitative estimate of drug-likeness (QED) is 0.748. The molecule has 5 nitrogen and oxygen atoms in total. The standard InChI is InChI=1S/C11H15F3N2O3/c1-3-5-15(6-4-2)10(19)16(7-9(17)18)8-11(12,13)14/h1H,4-8H2,2H3,(H,17,18). The molecule has 0 atom stereocenters. The minimum Gasteiger partial charge on any atom is -0.480 e. The number of terminal acetylenes is 1. The van der Waals surface area contributed by atoms with Crippen molar-refractivity contribution in [2.24, 2.45) is 0 Å². The van der Waals surface area contributed by atoms with Crippen molar-refractivity contribution >= 4 is 12.0 Å². The topological polar surface area (TPSA) is 60.9 Å². The summed E-state index contributed by atoms with van der Waals surface area (Å²) in [4.78, 5) is 23.6. The van der Waals surface area contributed by atoms with Gasteiger partial charge in [-0.3, -0.25) is 4.79 Å². The minimum absolute atomic E-state index is 0.164. The lowest BCUT2D eigenvalue weighted by atomic mass is 10.4. The van der Waals surface area contributed by atoms with E-state index in [0.717, 1.165) is 4.90 Å². The number of carbonyl (C=O) groups excluding carboxylic acids is 1. The Morgan fingerprint density at radius 2 is 1.89 bits per heavy atom. The summed E-state index contributed by atoms with van der Waals surface area (Å²) in [5.41, 5.74) is 0. The molecular formula is C11H15F3N2O3. The largest absolute Gasteiger partial charge is 0.480 e. The van der Waals surface area contributed by atoms with E-state index in [4.69, 9.17) is 11.5 Å². The Bertz CT molecular complexity index is 363. The van der Waals surface area contributed by atoms with E-state index in [9.17, 15) is 22.8 Å². The Morgan fingerprint density at radius 1 is 1.32 bits per heavy atom. The summed E-state index contributed by atoms with van der Waals surface area (Å²) in [6.07, 6.45) is 0.858. The van der Waals surface area contributed by atoms with Crippen molar-refractivity contribution in [2.75, 3.05) is 26.2 Å². The maximum Gasteiger partial charge on any atom is 0.406 e. The van der Waals surface area contributed by atoms with Gasteiger partial charge in [-0.2, -0.15) is 13.2 Å². The van der Waals surface area contributed by atoms with Crippen molar-refractivity contribution in [1.29, 1.82) is 0 Å². The molecule has 0 aromatic rings. The summed E-state index contributed by atoms with van der Waals surface area (Å²) in [6.45, 7) is -0.925. The molecule has 0 bridgehead atoms. The molecule has 0 fully saturated rings. The zero-order chi connectivity index (χ0) is 15.1. The van der Waals surface area contributed by atoms with E-state index in [2.05, 4.69) is 5.92 Å². The number of carboxylic acid groups (broad SMARTS) is 1. The van der Waals surface area contributed by atoms with Crippen LogP contribution in [0.2, 0.25) is 0 Å². The lowest BCUT2D eigenvalue weighted by Crippen LogP contribution is -2.49. The van der Waals surface area contributed by atoms with Gasteiger partial charge in [-0.05, 0) is 6.42 Å². The number of hydrogen-bond donors (Lipinski definition) is 1. The van der Waals surface area contributed by atoms with Crippen LogP contribution in [0, 0.1) is 12.3 Å². The van der Waals surface area contributed by atoms with Gasteiger partial charge < -0.3 is 14.9 Å². The van der Waals surface area contributed by atoms with Gasteiger partial charge in [0.1, 0.15) is 13.1 Å². The average molecular weight is 280 g/mol. The highest BCUT2D eigenvalue weighted by molar-refractivity contribution is 5.80. The third-order valence-electron chi connectivity index (χ3n) is 2.01. The Labute approximate surface area is 109 Å². The smallest absolute Gasteiger partial charge is 0.406 e. The minimum atomic E-state index is -4.67. The van der Waals surface area contributed by atoms with Gasteiger partial charge in [0.25, 0.3) is 0 Å². The zero-order valence-electron chi connectivity index (χ0n) is 10.4. The highest BCUT2D eigenvalue weighted by Crippen LogP contribution is 2.17. The second-order valence-electron chi connectivity index (χ2n) is 3.77. The van der Waals surface area contributed by atoms with Gasteiger partial charge in [-0.1, -0.05) is 12.8 Å². The van der Waals surface area contributed by atoms with Gasteiger partial charge in [0, 0.05) is 6.54 Å². The van der Waals surface area contributed by atoms with Crippen LogP contribution in [0.5, 0.6) is 0 Å². The van der Waals surface area contributed by atoms with Crippen molar-refractivity contribution in [3.63, 3.8) is 0 Å². The number of hydrogen-bond acceptors (Lipinski definition) is 2. The van der Waals surface area contributed by atoms with E-state index < -0.39 is 31.3 Å². The molecule has 0 aliphatic carbocycles. The third-order valence-corrected chi connectivity index (χ3v) is 2.01. The van der Waals surface area contributed by atoms with Gasteiger partial charge in [-0.15, -0.1) is 6.42 Å². The molecule has 1 N–H and O–H groups in total. The predicted octanol–water partition coefficient (Wildman–Crippen LogP) is 1.40. The summed E-state index contributed by atoms with van der Waals surface area (Å²) in [7, 11) is 0. The van der Waals surface area contributed by atoms with Crippen LogP contribution < -0.4 is 0 Å². The number of aliphatic carboxylic acids is 1. The summed E-state index contributed by atoms with van der Waals surface area (Å²) in [5.74, 6) is 0.636. The number of amides is 2. The number of carboxylic acids is 1. The van der Waals surface area contributed by atoms with Crippen LogP contribution in [0.4, 0.5) is 18.0 Å². The van der Waals surface area contributed by atoms with E-state index in [1.807, 2.05) is 0 Å². The normalized spacial score (nSPS) is 10.7. The zero-order valence-corrected chi connectivity index (χ0v) is 10.4. The molecule has 0 aliphatic rings. The maximum absolute atomic E-state index is 12.3. The van der Waals surface area contributed by atoms with E-state index in [1.165, 1.54) is 0 Å². The summed E-state index contributed by atoms with van der Waals surface area (Å²) in [6, 6.07) is -1.03. The molecule has 0 rings (SSSR count). The van der Waals surface area contributed by atoms with Crippen molar-refractivity contribution in [3.8, 4) is 12.3 Å². The number of carbonyl (C=O) groups is 2. The Kier molecular flexibility index (Phi) is 6.75. The van der Waals surface area contributed by atoms with E-state index >= 15 is 0 Å². The van der Waals surface area contributed by atoms with E-state index in [1.54, 1.807) is 6.92 Å². The second-order valence-corrected chi connectivity index (χ2v) is 3.77. The number of rotatable bonds is 6. The molecule has 0 aliphatic heterocycles.